The van der Waals surface area contributed by atoms with E-state index in [9.17, 15) is 13.2 Å². The number of rotatable bonds is 7. The number of nitrogens with zero attached hydrogens (tertiary/aromatic N) is 1. The van der Waals surface area contributed by atoms with Gasteiger partial charge in [-0.15, -0.1) is 0 Å². The van der Waals surface area contributed by atoms with Crippen LogP contribution in [0.15, 0.2) is 60.0 Å². The first kappa shape index (κ1) is 20.8. The molecule has 0 saturated carbocycles. The van der Waals surface area contributed by atoms with E-state index in [4.69, 9.17) is 4.74 Å². The van der Waals surface area contributed by atoms with Gasteiger partial charge in [0.05, 0.1) is 5.69 Å². The number of hydrogen-bond acceptors (Lipinski definition) is 5. The molecule has 1 atom stereocenters. The number of pyridine rings is 1. The Morgan fingerprint density at radius 1 is 1.21 bits per heavy atom. The number of sulfone groups is 1. The van der Waals surface area contributed by atoms with Gasteiger partial charge in [0.25, 0.3) is 5.91 Å². The molecule has 1 heterocycles. The molecule has 29 heavy (non-hydrogen) atoms. The summed E-state index contributed by atoms with van der Waals surface area (Å²) in [5.41, 5.74) is 2.24. The Kier molecular flexibility index (Phi) is 6.49. The summed E-state index contributed by atoms with van der Waals surface area (Å²) in [5, 5.41) is 3.84. The predicted molar refractivity (Wildman–Crippen MR) is 113 cm³/mol. The van der Waals surface area contributed by atoms with E-state index < -0.39 is 15.9 Å². The largest absolute Gasteiger partial charge is 0.438 e. The quantitative estimate of drug-likeness (QED) is 0.739. The van der Waals surface area contributed by atoms with Crippen molar-refractivity contribution in [3.05, 3.63) is 71.3 Å². The summed E-state index contributed by atoms with van der Waals surface area (Å²) in [6.07, 6.45) is 7.76. The molecular weight excluding hydrogens is 388 g/mol. The Morgan fingerprint density at radius 3 is 2.62 bits per heavy atom. The monoisotopic (exact) mass is 412 g/mol. The molecule has 1 amide bonds. The van der Waals surface area contributed by atoms with E-state index in [1.165, 1.54) is 6.08 Å². The molecular formula is C22H24N2O4S. The molecule has 1 aliphatic rings. The molecule has 1 N–H and O–H groups in total. The van der Waals surface area contributed by atoms with Crippen LogP contribution in [0, 0.1) is 0 Å². The first-order valence-electron chi connectivity index (χ1n) is 9.44. The average molecular weight is 413 g/mol. The highest BCUT2D eigenvalue weighted by Crippen LogP contribution is 2.30. The Hall–Kier alpha value is -2.93. The molecule has 152 valence electrons. The van der Waals surface area contributed by atoms with E-state index >= 15 is 0 Å². The van der Waals surface area contributed by atoms with E-state index in [1.807, 2.05) is 24.3 Å². The Bertz CT molecular complexity index is 1040. The van der Waals surface area contributed by atoms with Crippen LogP contribution in [0.3, 0.4) is 0 Å². The summed E-state index contributed by atoms with van der Waals surface area (Å²) in [6, 6.07) is 12.2. The van der Waals surface area contributed by atoms with Crippen LogP contribution in [0.1, 0.15) is 42.2 Å². The van der Waals surface area contributed by atoms with Gasteiger partial charge >= 0.3 is 0 Å². The average Bonchev–Trinajstić information content (AvgIpc) is 3.21. The number of ether oxygens (including phenoxy) is 1. The smallest absolute Gasteiger partial charge is 0.257 e. The van der Waals surface area contributed by atoms with Crippen molar-refractivity contribution >= 4 is 21.3 Å². The van der Waals surface area contributed by atoms with Gasteiger partial charge in [0, 0.05) is 17.7 Å². The number of hydrogen-bond donors (Lipinski definition) is 1. The third kappa shape index (κ3) is 6.02. The maximum atomic E-state index is 12.8. The fraction of sp³-hybridized carbons (Fsp3) is 0.273. The summed E-state index contributed by atoms with van der Waals surface area (Å²) in [6.45, 7) is 1.70. The van der Waals surface area contributed by atoms with Gasteiger partial charge in [0.15, 0.2) is 9.84 Å². The Labute approximate surface area is 171 Å². The van der Waals surface area contributed by atoms with Crippen LogP contribution in [0.4, 0.5) is 0 Å². The van der Waals surface area contributed by atoms with Gasteiger partial charge in [-0.25, -0.2) is 13.4 Å². The van der Waals surface area contributed by atoms with E-state index in [0.29, 0.717) is 5.75 Å². The van der Waals surface area contributed by atoms with Crippen LogP contribution in [0.25, 0.3) is 5.57 Å². The Morgan fingerprint density at radius 2 is 1.97 bits per heavy atom. The maximum absolute atomic E-state index is 12.8. The SMILES string of the molecule is CC(/C=C/S(C)(=O)=O)NC(=O)c1ccc(C2=CCCC2)nc1Oc1ccccc1. The molecule has 1 aliphatic carbocycles. The van der Waals surface area contributed by atoms with Crippen molar-refractivity contribution < 1.29 is 17.9 Å². The fourth-order valence-corrected chi connectivity index (χ4v) is 3.49. The van der Waals surface area contributed by atoms with Crippen LogP contribution in [-0.4, -0.2) is 31.6 Å². The van der Waals surface area contributed by atoms with Crippen molar-refractivity contribution in [2.45, 2.75) is 32.2 Å². The Balaban J connectivity index is 1.87. The molecule has 0 aliphatic heterocycles. The topological polar surface area (TPSA) is 85.4 Å². The van der Waals surface area contributed by atoms with Gasteiger partial charge in [-0.05, 0) is 56.0 Å². The molecule has 0 radical (unpaired) electrons. The van der Waals surface area contributed by atoms with Crippen molar-refractivity contribution in [2.24, 2.45) is 0 Å². The molecule has 1 unspecified atom stereocenters. The summed E-state index contributed by atoms with van der Waals surface area (Å²) in [7, 11) is -3.26. The van der Waals surface area contributed by atoms with Crippen LogP contribution >= 0.6 is 0 Å². The maximum Gasteiger partial charge on any atom is 0.257 e. The second kappa shape index (κ2) is 9.05. The van der Waals surface area contributed by atoms with Crippen LogP contribution in [-0.2, 0) is 9.84 Å². The van der Waals surface area contributed by atoms with E-state index in [2.05, 4.69) is 16.4 Å². The van der Waals surface area contributed by atoms with Gasteiger partial charge in [0.1, 0.15) is 11.3 Å². The number of benzene rings is 1. The van der Waals surface area contributed by atoms with Gasteiger partial charge in [-0.2, -0.15) is 0 Å². The lowest BCUT2D eigenvalue weighted by atomic mass is 10.1. The number of allylic oxidation sites excluding steroid dienone is 2. The molecule has 3 rings (SSSR count). The van der Waals surface area contributed by atoms with Crippen LogP contribution in [0.2, 0.25) is 0 Å². The molecule has 7 heteroatoms. The number of nitrogens with one attached hydrogen (secondary N) is 1. The number of aromatic nitrogens is 1. The summed E-state index contributed by atoms with van der Waals surface area (Å²) >= 11 is 0. The lowest BCUT2D eigenvalue weighted by molar-refractivity contribution is 0.0944. The molecule has 1 aromatic carbocycles. The first-order valence-corrected chi connectivity index (χ1v) is 11.4. The number of carbonyl (C=O) groups is 1. The van der Waals surface area contributed by atoms with Crippen molar-refractivity contribution in [3.63, 3.8) is 0 Å². The predicted octanol–water partition coefficient (Wildman–Crippen LogP) is 4.12. The van der Waals surface area contributed by atoms with E-state index in [1.54, 1.807) is 25.1 Å². The molecule has 6 nitrogen and oxygen atoms in total. The fourth-order valence-electron chi connectivity index (χ4n) is 2.97. The third-order valence-corrected chi connectivity index (χ3v) is 5.06. The van der Waals surface area contributed by atoms with Gasteiger partial charge in [-0.1, -0.05) is 30.4 Å². The molecule has 0 fully saturated rings. The van der Waals surface area contributed by atoms with Crippen molar-refractivity contribution in [2.75, 3.05) is 6.26 Å². The normalized spacial score (nSPS) is 15.2. The van der Waals surface area contributed by atoms with Crippen molar-refractivity contribution in [3.8, 4) is 11.6 Å². The molecule has 0 saturated heterocycles. The zero-order valence-corrected chi connectivity index (χ0v) is 17.3. The summed E-state index contributed by atoms with van der Waals surface area (Å²) < 4.78 is 28.5. The third-order valence-electron chi connectivity index (χ3n) is 4.41. The zero-order valence-electron chi connectivity index (χ0n) is 16.5. The summed E-state index contributed by atoms with van der Waals surface area (Å²) in [5.74, 6) is 0.413. The van der Waals surface area contributed by atoms with Gasteiger partial charge in [-0.3, -0.25) is 4.79 Å². The summed E-state index contributed by atoms with van der Waals surface area (Å²) in [4.78, 5) is 17.4. The highest BCUT2D eigenvalue weighted by molar-refractivity contribution is 7.93. The molecule has 0 bridgehead atoms. The second-order valence-electron chi connectivity index (χ2n) is 7.01. The first-order chi connectivity index (χ1) is 13.8. The van der Waals surface area contributed by atoms with Crippen molar-refractivity contribution in [1.29, 1.82) is 0 Å². The second-order valence-corrected chi connectivity index (χ2v) is 8.94. The number of carbonyl (C=O) groups excluding carboxylic acids is 1. The number of amides is 1. The molecule has 0 spiro atoms. The number of para-hydroxylation sites is 1. The van der Waals surface area contributed by atoms with E-state index in [-0.39, 0.29) is 17.4 Å². The minimum absolute atomic E-state index is 0.221. The molecule has 2 aromatic rings. The lowest BCUT2D eigenvalue weighted by Crippen LogP contribution is -2.31. The zero-order chi connectivity index (χ0) is 20.9. The van der Waals surface area contributed by atoms with Gasteiger partial charge in [0.2, 0.25) is 5.88 Å². The lowest BCUT2D eigenvalue weighted by Gasteiger charge is -2.14. The van der Waals surface area contributed by atoms with E-state index in [0.717, 1.165) is 42.2 Å². The van der Waals surface area contributed by atoms with Gasteiger partial charge < -0.3 is 10.1 Å². The van der Waals surface area contributed by atoms with Crippen LogP contribution < -0.4 is 10.1 Å². The molecule has 1 aromatic heterocycles. The highest BCUT2D eigenvalue weighted by atomic mass is 32.2. The minimum Gasteiger partial charge on any atom is -0.438 e. The highest BCUT2D eigenvalue weighted by Gasteiger charge is 2.19. The minimum atomic E-state index is -3.26. The van der Waals surface area contributed by atoms with Crippen LogP contribution in [0.5, 0.6) is 11.6 Å². The standard InChI is InChI=1S/C22H24N2O4S/c1-16(14-15-29(2,26)27)23-21(25)19-12-13-20(17-8-6-7-9-17)24-22(19)28-18-10-4-3-5-11-18/h3-5,8,10-16H,6-7,9H2,1-2H3,(H,23,25)/b15-14+. The van der Waals surface area contributed by atoms with Crippen molar-refractivity contribution in [1.82, 2.24) is 10.3 Å².